The van der Waals surface area contributed by atoms with Crippen molar-refractivity contribution in [1.29, 1.82) is 0 Å². The van der Waals surface area contributed by atoms with Crippen molar-refractivity contribution < 1.29 is 8.42 Å². The standard InChI is InChI=1S/C24H28ClN3O2S2.ClH/c25-21-5-3-19-16-23(6-4-18(19)14-21)32(29,30)28-12-10-27(11-13-28)9-1-2-22-15-20-17-26-8-7-24(20)31-22;/h3-6,14-16,26H,1-2,7-13,17H2;1H. The minimum Gasteiger partial charge on any atom is -0.312 e. The lowest BCUT2D eigenvalue weighted by atomic mass is 10.1. The van der Waals surface area contributed by atoms with Crippen LogP contribution in [0.25, 0.3) is 10.8 Å². The van der Waals surface area contributed by atoms with Gasteiger partial charge in [0.25, 0.3) is 0 Å². The van der Waals surface area contributed by atoms with Crippen LogP contribution in [0.3, 0.4) is 0 Å². The molecule has 5 rings (SSSR count). The third kappa shape index (κ3) is 5.56. The zero-order valence-corrected chi connectivity index (χ0v) is 21.6. The van der Waals surface area contributed by atoms with E-state index in [1.807, 2.05) is 29.5 Å². The topological polar surface area (TPSA) is 52.7 Å². The first-order chi connectivity index (χ1) is 15.5. The van der Waals surface area contributed by atoms with Crippen molar-refractivity contribution in [2.45, 2.75) is 30.7 Å². The summed E-state index contributed by atoms with van der Waals surface area (Å²) in [6, 6.07) is 13.2. The van der Waals surface area contributed by atoms with E-state index in [9.17, 15) is 8.42 Å². The molecule has 0 aliphatic carbocycles. The van der Waals surface area contributed by atoms with Crippen LogP contribution >= 0.6 is 35.3 Å². The summed E-state index contributed by atoms with van der Waals surface area (Å²) in [5, 5.41) is 5.93. The number of halogens is 2. The third-order valence-electron chi connectivity index (χ3n) is 6.43. The van der Waals surface area contributed by atoms with Crippen LogP contribution in [0.15, 0.2) is 47.4 Å². The number of hydrogen-bond acceptors (Lipinski definition) is 5. The summed E-state index contributed by atoms with van der Waals surface area (Å²) in [4.78, 5) is 5.78. The fraction of sp³-hybridized carbons (Fsp3) is 0.417. The molecule has 2 aromatic carbocycles. The van der Waals surface area contributed by atoms with Gasteiger partial charge < -0.3 is 10.2 Å². The van der Waals surface area contributed by atoms with E-state index in [1.54, 1.807) is 27.4 Å². The molecule has 0 bridgehead atoms. The lowest BCUT2D eigenvalue weighted by Crippen LogP contribution is -2.48. The second-order valence-corrected chi connectivity index (χ2v) is 12.2. The average Bonchev–Trinajstić information content (AvgIpc) is 3.22. The molecule has 1 fully saturated rings. The number of sulfonamides is 1. The zero-order chi connectivity index (χ0) is 22.1. The Morgan fingerprint density at radius 1 is 1.00 bits per heavy atom. The monoisotopic (exact) mass is 525 g/mol. The molecule has 1 N–H and O–H groups in total. The van der Waals surface area contributed by atoms with Gasteiger partial charge in [-0.05, 0) is 72.5 Å². The lowest BCUT2D eigenvalue weighted by molar-refractivity contribution is 0.187. The van der Waals surface area contributed by atoms with E-state index < -0.39 is 10.0 Å². The molecule has 2 aliphatic heterocycles. The summed E-state index contributed by atoms with van der Waals surface area (Å²) in [6.07, 6.45) is 3.38. The molecule has 3 heterocycles. The SMILES string of the molecule is Cl.O=S(=O)(c1ccc2cc(Cl)ccc2c1)N1CCN(CCCc2cc3c(s2)CCNC3)CC1. The highest BCUT2D eigenvalue weighted by Gasteiger charge is 2.28. The van der Waals surface area contributed by atoms with Gasteiger partial charge in [0.05, 0.1) is 4.90 Å². The number of nitrogens with one attached hydrogen (secondary N) is 1. The molecule has 0 atom stereocenters. The summed E-state index contributed by atoms with van der Waals surface area (Å²) in [6.45, 7) is 5.77. The fourth-order valence-electron chi connectivity index (χ4n) is 4.61. The van der Waals surface area contributed by atoms with Crippen molar-refractivity contribution in [2.24, 2.45) is 0 Å². The van der Waals surface area contributed by atoms with Crippen LogP contribution in [0.5, 0.6) is 0 Å². The molecule has 0 spiro atoms. The van der Waals surface area contributed by atoms with Crippen LogP contribution in [0.1, 0.15) is 21.7 Å². The first-order valence-electron chi connectivity index (χ1n) is 11.2. The Labute approximate surface area is 211 Å². The van der Waals surface area contributed by atoms with Gasteiger partial charge in [-0.3, -0.25) is 0 Å². The number of fused-ring (bicyclic) bond motifs is 2. The van der Waals surface area contributed by atoms with Gasteiger partial charge in [-0.2, -0.15) is 4.31 Å². The Balaban J connectivity index is 0.00000259. The Bertz CT molecular complexity index is 1200. The quantitative estimate of drug-likeness (QED) is 0.512. The normalized spacial score (nSPS) is 17.6. The predicted octanol–water partition coefficient (Wildman–Crippen LogP) is 4.56. The Morgan fingerprint density at radius 2 is 1.76 bits per heavy atom. The predicted molar refractivity (Wildman–Crippen MR) is 139 cm³/mol. The highest BCUT2D eigenvalue weighted by molar-refractivity contribution is 7.89. The van der Waals surface area contributed by atoms with Gasteiger partial charge >= 0.3 is 0 Å². The van der Waals surface area contributed by atoms with Crippen LogP contribution < -0.4 is 5.32 Å². The van der Waals surface area contributed by atoms with Crippen molar-refractivity contribution in [3.05, 3.63) is 62.8 Å². The average molecular weight is 527 g/mol. The van der Waals surface area contributed by atoms with Crippen LogP contribution in [0.4, 0.5) is 0 Å². The molecule has 2 aliphatic rings. The molecule has 0 saturated carbocycles. The fourth-order valence-corrected chi connectivity index (χ4v) is 7.48. The van der Waals surface area contributed by atoms with Crippen molar-refractivity contribution >= 4 is 56.1 Å². The van der Waals surface area contributed by atoms with E-state index in [4.69, 9.17) is 11.6 Å². The van der Waals surface area contributed by atoms with Gasteiger partial charge in [0.1, 0.15) is 0 Å². The Morgan fingerprint density at radius 3 is 2.55 bits per heavy atom. The number of nitrogens with zero attached hydrogens (tertiary/aromatic N) is 2. The molecule has 0 radical (unpaired) electrons. The smallest absolute Gasteiger partial charge is 0.243 e. The van der Waals surface area contributed by atoms with Gasteiger partial charge in [-0.25, -0.2) is 8.42 Å². The minimum absolute atomic E-state index is 0. The third-order valence-corrected chi connectivity index (χ3v) is 9.86. The number of benzene rings is 2. The van der Waals surface area contributed by atoms with Crippen LogP contribution in [-0.4, -0.2) is 56.9 Å². The Hall–Kier alpha value is -1.19. The molecular weight excluding hydrogens is 497 g/mol. The van der Waals surface area contributed by atoms with E-state index in [1.165, 1.54) is 10.4 Å². The molecule has 0 unspecified atom stereocenters. The molecule has 1 aromatic heterocycles. The van der Waals surface area contributed by atoms with Crippen molar-refractivity contribution in [3.8, 4) is 0 Å². The molecule has 178 valence electrons. The van der Waals surface area contributed by atoms with Gasteiger partial charge in [0.2, 0.25) is 10.0 Å². The highest BCUT2D eigenvalue weighted by Crippen LogP contribution is 2.27. The summed E-state index contributed by atoms with van der Waals surface area (Å²) in [5.74, 6) is 0. The van der Waals surface area contributed by atoms with E-state index in [0.29, 0.717) is 23.0 Å². The summed E-state index contributed by atoms with van der Waals surface area (Å²) >= 11 is 8.02. The van der Waals surface area contributed by atoms with E-state index in [0.717, 1.165) is 62.8 Å². The van der Waals surface area contributed by atoms with Crippen molar-refractivity contribution in [2.75, 3.05) is 39.3 Å². The van der Waals surface area contributed by atoms with E-state index in [2.05, 4.69) is 16.3 Å². The van der Waals surface area contributed by atoms with Gasteiger partial charge in [-0.15, -0.1) is 23.7 Å². The molecule has 33 heavy (non-hydrogen) atoms. The summed E-state index contributed by atoms with van der Waals surface area (Å²) in [7, 11) is -3.48. The largest absolute Gasteiger partial charge is 0.312 e. The van der Waals surface area contributed by atoms with Gasteiger partial charge in [-0.1, -0.05) is 23.7 Å². The minimum atomic E-state index is -3.48. The zero-order valence-electron chi connectivity index (χ0n) is 18.4. The van der Waals surface area contributed by atoms with Crippen molar-refractivity contribution in [1.82, 2.24) is 14.5 Å². The highest BCUT2D eigenvalue weighted by atomic mass is 35.5. The maximum absolute atomic E-state index is 13.2. The maximum atomic E-state index is 13.2. The number of rotatable bonds is 6. The number of piperazine rings is 1. The van der Waals surface area contributed by atoms with Gasteiger partial charge in [0.15, 0.2) is 0 Å². The summed E-state index contributed by atoms with van der Waals surface area (Å²) in [5.41, 5.74) is 1.48. The van der Waals surface area contributed by atoms with Crippen LogP contribution in [0.2, 0.25) is 5.02 Å². The first kappa shape index (κ1) is 24.9. The molecule has 5 nitrogen and oxygen atoms in total. The number of aryl methyl sites for hydroxylation is 1. The molecular formula is C24H29Cl2N3O2S2. The second kappa shape index (κ2) is 10.6. The summed E-state index contributed by atoms with van der Waals surface area (Å²) < 4.78 is 28.0. The molecule has 9 heteroatoms. The van der Waals surface area contributed by atoms with Crippen LogP contribution in [-0.2, 0) is 29.4 Å². The maximum Gasteiger partial charge on any atom is 0.243 e. The molecule has 1 saturated heterocycles. The lowest BCUT2D eigenvalue weighted by Gasteiger charge is -2.34. The molecule has 0 amide bonds. The Kier molecular flexibility index (Phi) is 8.01. The van der Waals surface area contributed by atoms with E-state index >= 15 is 0 Å². The van der Waals surface area contributed by atoms with Gasteiger partial charge in [0, 0.05) is 54.0 Å². The number of thiophene rings is 1. The van der Waals surface area contributed by atoms with Crippen molar-refractivity contribution in [3.63, 3.8) is 0 Å². The van der Waals surface area contributed by atoms with E-state index in [-0.39, 0.29) is 12.4 Å². The van der Waals surface area contributed by atoms with Crippen LogP contribution in [0, 0.1) is 0 Å². The number of hydrogen-bond donors (Lipinski definition) is 1. The second-order valence-electron chi connectivity index (χ2n) is 8.59. The first-order valence-corrected chi connectivity index (χ1v) is 13.9. The molecule has 3 aromatic rings.